The summed E-state index contributed by atoms with van der Waals surface area (Å²) in [5.41, 5.74) is 2.73. The van der Waals surface area contributed by atoms with E-state index in [-0.39, 0.29) is 12.3 Å². The maximum absolute atomic E-state index is 12.5. The minimum atomic E-state index is -0.130. The van der Waals surface area contributed by atoms with E-state index < -0.39 is 0 Å². The number of aryl methyl sites for hydroxylation is 1. The topological polar surface area (TPSA) is 81.2 Å². The smallest absolute Gasteiger partial charge is 0.226 e. The van der Waals surface area contributed by atoms with E-state index in [1.165, 1.54) is 0 Å². The van der Waals surface area contributed by atoms with Gasteiger partial charge in [-0.1, -0.05) is 23.8 Å². The van der Waals surface area contributed by atoms with Crippen molar-refractivity contribution in [2.24, 2.45) is 0 Å². The van der Waals surface area contributed by atoms with Crippen LogP contribution in [0, 0.1) is 11.7 Å². The van der Waals surface area contributed by atoms with Crippen LogP contribution < -0.4 is 14.8 Å². The highest BCUT2D eigenvalue weighted by Crippen LogP contribution is 2.30. The van der Waals surface area contributed by atoms with Crippen molar-refractivity contribution in [1.82, 2.24) is 14.8 Å². The first kappa shape index (κ1) is 20.6. The molecule has 0 radical (unpaired) electrons. The average Bonchev–Trinajstić information content (AvgIpc) is 3.08. The highest BCUT2D eigenvalue weighted by Gasteiger charge is 2.12. The molecule has 2 N–H and O–H groups in total. The molecule has 1 aromatic heterocycles. The van der Waals surface area contributed by atoms with Gasteiger partial charge < -0.3 is 14.8 Å². The largest absolute Gasteiger partial charge is 0.493 e. The minimum absolute atomic E-state index is 0.130. The Labute approximate surface area is 174 Å². The standard InChI is InChI=1S/C21H24N4O3S/c1-4-28-17-9-8-16(13-18(17)27-3)22-19(26)10-11-25-20(23-24-21(25)29)15-7-5-6-14(2)12-15/h5-9,12-13H,4,10-11H2,1-3H3,(H,22,26)(H,24,29). The van der Waals surface area contributed by atoms with E-state index in [1.807, 2.05) is 42.7 Å². The summed E-state index contributed by atoms with van der Waals surface area (Å²) in [6.07, 6.45) is 0.252. The van der Waals surface area contributed by atoms with Crippen LogP contribution in [0.5, 0.6) is 11.5 Å². The highest BCUT2D eigenvalue weighted by molar-refractivity contribution is 7.71. The number of hydrogen-bond acceptors (Lipinski definition) is 5. The van der Waals surface area contributed by atoms with Crippen LogP contribution in [0.3, 0.4) is 0 Å². The van der Waals surface area contributed by atoms with Gasteiger partial charge in [-0.15, -0.1) is 0 Å². The molecule has 0 saturated carbocycles. The number of carbonyl (C=O) groups is 1. The lowest BCUT2D eigenvalue weighted by Gasteiger charge is -2.12. The lowest BCUT2D eigenvalue weighted by atomic mass is 10.1. The molecule has 0 fully saturated rings. The number of nitrogens with zero attached hydrogens (tertiary/aromatic N) is 2. The van der Waals surface area contributed by atoms with Crippen molar-refractivity contribution >= 4 is 23.8 Å². The fourth-order valence-corrected chi connectivity index (χ4v) is 3.21. The van der Waals surface area contributed by atoms with Crippen molar-refractivity contribution in [3.8, 4) is 22.9 Å². The maximum atomic E-state index is 12.5. The van der Waals surface area contributed by atoms with E-state index in [2.05, 4.69) is 15.5 Å². The molecular weight excluding hydrogens is 388 g/mol. The Balaban J connectivity index is 1.69. The zero-order chi connectivity index (χ0) is 20.8. The lowest BCUT2D eigenvalue weighted by Crippen LogP contribution is -2.15. The molecule has 152 valence electrons. The van der Waals surface area contributed by atoms with Gasteiger partial charge in [0, 0.05) is 30.3 Å². The molecule has 0 unspecified atom stereocenters. The molecule has 1 amide bonds. The summed E-state index contributed by atoms with van der Waals surface area (Å²) in [6.45, 7) is 4.88. The molecule has 3 aromatic rings. The molecule has 0 atom stereocenters. The third-order valence-corrected chi connectivity index (χ3v) is 4.66. The number of ether oxygens (including phenoxy) is 2. The minimum Gasteiger partial charge on any atom is -0.493 e. The Morgan fingerprint density at radius 2 is 2.07 bits per heavy atom. The fraction of sp³-hybridized carbons (Fsp3) is 0.286. The van der Waals surface area contributed by atoms with Crippen molar-refractivity contribution in [3.05, 3.63) is 52.8 Å². The van der Waals surface area contributed by atoms with E-state index >= 15 is 0 Å². The molecule has 8 heteroatoms. The molecule has 29 heavy (non-hydrogen) atoms. The SMILES string of the molecule is CCOc1ccc(NC(=O)CCn2c(-c3cccc(C)c3)n[nH]c2=S)cc1OC. The molecule has 0 saturated heterocycles. The molecule has 7 nitrogen and oxygen atoms in total. The Morgan fingerprint density at radius 3 is 2.79 bits per heavy atom. The van der Waals surface area contributed by atoms with Crippen LogP contribution in [0.2, 0.25) is 0 Å². The predicted molar refractivity (Wildman–Crippen MR) is 115 cm³/mol. The zero-order valence-corrected chi connectivity index (χ0v) is 17.5. The van der Waals surface area contributed by atoms with Crippen molar-refractivity contribution in [3.63, 3.8) is 0 Å². The summed E-state index contributed by atoms with van der Waals surface area (Å²) in [6, 6.07) is 13.3. The summed E-state index contributed by atoms with van der Waals surface area (Å²) in [7, 11) is 1.57. The van der Waals surface area contributed by atoms with Crippen molar-refractivity contribution < 1.29 is 14.3 Å². The Hall–Kier alpha value is -3.13. The maximum Gasteiger partial charge on any atom is 0.226 e. The number of carbonyl (C=O) groups excluding carboxylic acids is 1. The van der Waals surface area contributed by atoms with E-state index in [0.29, 0.717) is 40.9 Å². The molecule has 0 aliphatic heterocycles. The summed E-state index contributed by atoms with van der Waals surface area (Å²) in [5, 5.41) is 10.0. The monoisotopic (exact) mass is 412 g/mol. The fourth-order valence-electron chi connectivity index (χ4n) is 2.99. The van der Waals surface area contributed by atoms with Crippen LogP contribution in [0.4, 0.5) is 5.69 Å². The Bertz CT molecular complexity index is 1060. The summed E-state index contributed by atoms with van der Waals surface area (Å²) >= 11 is 5.34. The van der Waals surface area contributed by atoms with Gasteiger partial charge in [-0.3, -0.25) is 14.5 Å². The molecule has 0 aliphatic rings. The average molecular weight is 413 g/mol. The van der Waals surface area contributed by atoms with Crippen molar-refractivity contribution in [2.45, 2.75) is 26.8 Å². The molecule has 0 aliphatic carbocycles. The van der Waals surface area contributed by atoms with Gasteiger partial charge in [0.05, 0.1) is 13.7 Å². The number of aromatic nitrogens is 3. The molecular formula is C21H24N4O3S. The highest BCUT2D eigenvalue weighted by atomic mass is 32.1. The number of methoxy groups -OCH3 is 1. The zero-order valence-electron chi connectivity index (χ0n) is 16.7. The van der Waals surface area contributed by atoms with Crippen molar-refractivity contribution in [2.75, 3.05) is 19.0 Å². The van der Waals surface area contributed by atoms with Crippen LogP contribution >= 0.6 is 12.2 Å². The lowest BCUT2D eigenvalue weighted by molar-refractivity contribution is -0.116. The normalized spacial score (nSPS) is 10.6. The number of amides is 1. The number of aromatic amines is 1. The van der Waals surface area contributed by atoms with Gasteiger partial charge in [-0.05, 0) is 44.3 Å². The third kappa shape index (κ3) is 5.03. The quantitative estimate of drug-likeness (QED) is 0.538. The first-order chi connectivity index (χ1) is 14.0. The second-order valence-corrected chi connectivity index (χ2v) is 6.86. The first-order valence-corrected chi connectivity index (χ1v) is 9.75. The van der Waals surface area contributed by atoms with Gasteiger partial charge in [-0.25, -0.2) is 0 Å². The number of rotatable bonds is 8. The number of hydrogen-bond donors (Lipinski definition) is 2. The van der Waals surface area contributed by atoms with Gasteiger partial charge in [0.1, 0.15) is 0 Å². The predicted octanol–water partition coefficient (Wildman–Crippen LogP) is 4.35. The second-order valence-electron chi connectivity index (χ2n) is 6.47. The Kier molecular flexibility index (Phi) is 6.66. The van der Waals surface area contributed by atoms with Gasteiger partial charge in [0.25, 0.3) is 0 Å². The molecule has 0 bridgehead atoms. The van der Waals surface area contributed by atoms with Gasteiger partial charge >= 0.3 is 0 Å². The van der Waals surface area contributed by atoms with Crippen LogP contribution in [0.15, 0.2) is 42.5 Å². The van der Waals surface area contributed by atoms with Crippen LogP contribution in [0.25, 0.3) is 11.4 Å². The van der Waals surface area contributed by atoms with Crippen LogP contribution in [-0.2, 0) is 11.3 Å². The molecule has 2 aromatic carbocycles. The summed E-state index contributed by atoms with van der Waals surface area (Å²) in [5.74, 6) is 1.80. The van der Waals surface area contributed by atoms with E-state index in [0.717, 1.165) is 11.1 Å². The third-order valence-electron chi connectivity index (χ3n) is 4.34. The number of benzene rings is 2. The Morgan fingerprint density at radius 1 is 1.24 bits per heavy atom. The number of nitrogens with one attached hydrogen (secondary N) is 2. The summed E-state index contributed by atoms with van der Waals surface area (Å²) < 4.78 is 13.1. The first-order valence-electron chi connectivity index (χ1n) is 9.34. The van der Waals surface area contributed by atoms with E-state index in [9.17, 15) is 4.79 Å². The summed E-state index contributed by atoms with van der Waals surface area (Å²) in [4.78, 5) is 12.5. The second kappa shape index (κ2) is 9.38. The van der Waals surface area contributed by atoms with Gasteiger partial charge in [0.15, 0.2) is 22.1 Å². The number of anilines is 1. The molecule has 1 heterocycles. The van der Waals surface area contributed by atoms with E-state index in [1.54, 1.807) is 25.3 Å². The number of H-pyrrole nitrogens is 1. The molecule has 0 spiro atoms. The molecule has 3 rings (SSSR count). The van der Waals surface area contributed by atoms with Gasteiger partial charge in [0.2, 0.25) is 5.91 Å². The van der Waals surface area contributed by atoms with Crippen molar-refractivity contribution in [1.29, 1.82) is 0 Å². The van der Waals surface area contributed by atoms with Gasteiger partial charge in [-0.2, -0.15) is 5.10 Å². The van der Waals surface area contributed by atoms with E-state index in [4.69, 9.17) is 21.7 Å². The van der Waals surface area contributed by atoms with Crippen LogP contribution in [-0.4, -0.2) is 34.4 Å². The van der Waals surface area contributed by atoms with Crippen LogP contribution in [0.1, 0.15) is 18.9 Å².